The summed E-state index contributed by atoms with van der Waals surface area (Å²) in [7, 11) is 0. The Bertz CT molecular complexity index is 784. The molecule has 4 atom stereocenters. The molecule has 2 aliphatic heterocycles. The second-order valence-electron chi connectivity index (χ2n) is 7.63. The highest BCUT2D eigenvalue weighted by Gasteiger charge is 2.55. The summed E-state index contributed by atoms with van der Waals surface area (Å²) in [5, 5.41) is 12.5. The number of carboxylic acid groups (broad SMARTS) is 1. The van der Waals surface area contributed by atoms with Gasteiger partial charge in [0.25, 0.3) is 0 Å². The van der Waals surface area contributed by atoms with Gasteiger partial charge in [0.05, 0.1) is 24.0 Å². The molecule has 2 aliphatic rings. The van der Waals surface area contributed by atoms with Gasteiger partial charge < -0.3 is 15.2 Å². The summed E-state index contributed by atoms with van der Waals surface area (Å²) in [6, 6.07) is 20.5. The summed E-state index contributed by atoms with van der Waals surface area (Å²) in [6.45, 7) is 0.494. The first-order chi connectivity index (χ1) is 13.6. The molecular formula is C23H25NO4. The molecule has 2 heterocycles. The second-order valence-corrected chi connectivity index (χ2v) is 7.63. The number of aliphatic carboxylic acids is 1. The van der Waals surface area contributed by atoms with Crippen LogP contribution in [0.5, 0.6) is 0 Å². The van der Waals surface area contributed by atoms with Crippen LogP contribution < -0.4 is 5.32 Å². The molecule has 0 aliphatic carbocycles. The fourth-order valence-electron chi connectivity index (χ4n) is 4.68. The summed E-state index contributed by atoms with van der Waals surface area (Å²) in [5.74, 6) is -2.26. The number of ether oxygens (including phenoxy) is 1. The maximum Gasteiger partial charge on any atom is 0.310 e. The van der Waals surface area contributed by atoms with Gasteiger partial charge in [-0.2, -0.15) is 0 Å². The third-order valence-electron chi connectivity index (χ3n) is 6.00. The number of fused-ring (bicyclic) bond motifs is 2. The Labute approximate surface area is 164 Å². The highest BCUT2D eigenvalue weighted by Crippen LogP contribution is 2.43. The van der Waals surface area contributed by atoms with Crippen molar-refractivity contribution in [2.45, 2.75) is 37.4 Å². The number of carboxylic acids is 1. The van der Waals surface area contributed by atoms with Gasteiger partial charge >= 0.3 is 5.97 Å². The predicted molar refractivity (Wildman–Crippen MR) is 105 cm³/mol. The monoisotopic (exact) mass is 379 g/mol. The van der Waals surface area contributed by atoms with Crippen molar-refractivity contribution in [2.24, 2.45) is 11.8 Å². The van der Waals surface area contributed by atoms with Crippen LogP contribution in [0.3, 0.4) is 0 Å². The van der Waals surface area contributed by atoms with E-state index in [2.05, 4.69) is 29.6 Å². The number of hydrogen-bond donors (Lipinski definition) is 2. The van der Waals surface area contributed by atoms with Crippen molar-refractivity contribution in [3.05, 3.63) is 71.8 Å². The summed E-state index contributed by atoms with van der Waals surface area (Å²) < 4.78 is 5.70. The fourth-order valence-corrected chi connectivity index (χ4v) is 4.68. The van der Waals surface area contributed by atoms with Crippen LogP contribution in [0.1, 0.15) is 36.3 Å². The van der Waals surface area contributed by atoms with E-state index in [4.69, 9.17) is 4.74 Å². The quantitative estimate of drug-likeness (QED) is 0.775. The van der Waals surface area contributed by atoms with E-state index in [0.29, 0.717) is 6.54 Å². The van der Waals surface area contributed by atoms with E-state index in [0.717, 1.165) is 19.3 Å². The summed E-state index contributed by atoms with van der Waals surface area (Å²) in [4.78, 5) is 24.3. The number of amides is 1. The molecule has 2 aromatic rings. The van der Waals surface area contributed by atoms with E-state index in [9.17, 15) is 14.7 Å². The maximum atomic E-state index is 12.8. The highest BCUT2D eigenvalue weighted by molar-refractivity contribution is 5.86. The van der Waals surface area contributed by atoms with Crippen molar-refractivity contribution in [3.8, 4) is 0 Å². The molecule has 5 heteroatoms. The topological polar surface area (TPSA) is 75.6 Å². The van der Waals surface area contributed by atoms with Gasteiger partial charge in [0, 0.05) is 12.5 Å². The van der Waals surface area contributed by atoms with Gasteiger partial charge in [0.2, 0.25) is 5.91 Å². The van der Waals surface area contributed by atoms with Gasteiger partial charge in [-0.25, -0.2) is 0 Å². The van der Waals surface area contributed by atoms with Crippen molar-refractivity contribution in [2.75, 3.05) is 6.54 Å². The average molecular weight is 379 g/mol. The number of rotatable bonds is 7. The predicted octanol–water partition coefficient (Wildman–Crippen LogP) is 3.20. The summed E-state index contributed by atoms with van der Waals surface area (Å²) in [5.41, 5.74) is 2.41. The Balaban J connectivity index is 1.42. The molecule has 146 valence electrons. The Morgan fingerprint density at radius 2 is 1.46 bits per heavy atom. The zero-order chi connectivity index (χ0) is 19.5. The molecule has 2 aromatic carbocycles. The molecule has 28 heavy (non-hydrogen) atoms. The van der Waals surface area contributed by atoms with Crippen LogP contribution in [0.25, 0.3) is 0 Å². The molecule has 2 saturated heterocycles. The normalized spacial score (nSPS) is 25.8. The fraction of sp³-hybridized carbons (Fsp3) is 0.391. The highest BCUT2D eigenvalue weighted by atomic mass is 16.5. The lowest BCUT2D eigenvalue weighted by Gasteiger charge is -2.24. The first-order valence-corrected chi connectivity index (χ1v) is 9.91. The minimum atomic E-state index is -0.932. The van der Waals surface area contributed by atoms with E-state index < -0.39 is 17.8 Å². The Hall–Kier alpha value is -2.66. The van der Waals surface area contributed by atoms with Crippen LogP contribution in [-0.4, -0.2) is 35.7 Å². The summed E-state index contributed by atoms with van der Waals surface area (Å²) >= 11 is 0. The van der Waals surface area contributed by atoms with Gasteiger partial charge in [-0.1, -0.05) is 60.7 Å². The molecule has 4 rings (SSSR count). The van der Waals surface area contributed by atoms with Crippen LogP contribution in [-0.2, 0) is 14.3 Å². The third-order valence-corrected chi connectivity index (χ3v) is 6.00. The molecule has 2 N–H and O–H groups in total. The molecular weight excluding hydrogens is 354 g/mol. The molecule has 0 aromatic heterocycles. The number of nitrogens with one attached hydrogen (secondary N) is 1. The zero-order valence-corrected chi connectivity index (χ0v) is 15.7. The van der Waals surface area contributed by atoms with Crippen molar-refractivity contribution < 1.29 is 19.4 Å². The van der Waals surface area contributed by atoms with Crippen LogP contribution in [0.4, 0.5) is 0 Å². The van der Waals surface area contributed by atoms with Crippen molar-refractivity contribution in [3.63, 3.8) is 0 Å². The van der Waals surface area contributed by atoms with Crippen LogP contribution >= 0.6 is 0 Å². The van der Waals surface area contributed by atoms with Crippen LogP contribution in [0.15, 0.2) is 60.7 Å². The lowest BCUT2D eigenvalue weighted by molar-refractivity contribution is -0.147. The molecule has 0 saturated carbocycles. The molecule has 1 amide bonds. The molecule has 2 bridgehead atoms. The van der Waals surface area contributed by atoms with Crippen LogP contribution in [0, 0.1) is 11.8 Å². The second kappa shape index (κ2) is 8.15. The van der Waals surface area contributed by atoms with Crippen molar-refractivity contribution >= 4 is 11.9 Å². The molecule has 0 spiro atoms. The van der Waals surface area contributed by atoms with Gasteiger partial charge in [-0.05, 0) is 30.4 Å². The largest absolute Gasteiger partial charge is 0.481 e. The van der Waals surface area contributed by atoms with E-state index in [1.165, 1.54) is 11.1 Å². The maximum absolute atomic E-state index is 12.8. The van der Waals surface area contributed by atoms with E-state index in [-0.39, 0.29) is 24.0 Å². The zero-order valence-electron chi connectivity index (χ0n) is 15.7. The molecule has 5 nitrogen and oxygen atoms in total. The minimum Gasteiger partial charge on any atom is -0.481 e. The Kier molecular flexibility index (Phi) is 5.44. The third kappa shape index (κ3) is 3.67. The van der Waals surface area contributed by atoms with Crippen LogP contribution in [0.2, 0.25) is 0 Å². The van der Waals surface area contributed by atoms with Gasteiger partial charge in [0.1, 0.15) is 0 Å². The Morgan fingerprint density at radius 1 is 0.929 bits per heavy atom. The average Bonchev–Trinajstić information content (AvgIpc) is 3.34. The van der Waals surface area contributed by atoms with Gasteiger partial charge in [-0.3, -0.25) is 9.59 Å². The first-order valence-electron chi connectivity index (χ1n) is 9.91. The van der Waals surface area contributed by atoms with Gasteiger partial charge in [0.15, 0.2) is 0 Å². The molecule has 0 unspecified atom stereocenters. The van der Waals surface area contributed by atoms with E-state index in [1.807, 2.05) is 36.4 Å². The molecule has 2 fully saturated rings. The van der Waals surface area contributed by atoms with E-state index in [1.54, 1.807) is 0 Å². The number of carbonyl (C=O) groups excluding carboxylic acids is 1. The lowest BCUT2D eigenvalue weighted by Crippen LogP contribution is -2.44. The number of carbonyl (C=O) groups is 2. The Morgan fingerprint density at radius 3 is 2.00 bits per heavy atom. The smallest absolute Gasteiger partial charge is 0.310 e. The van der Waals surface area contributed by atoms with Crippen molar-refractivity contribution in [1.82, 2.24) is 5.32 Å². The summed E-state index contributed by atoms with van der Waals surface area (Å²) in [6.07, 6.45) is 1.67. The number of hydrogen-bond acceptors (Lipinski definition) is 3. The number of benzene rings is 2. The van der Waals surface area contributed by atoms with Gasteiger partial charge in [-0.15, -0.1) is 0 Å². The van der Waals surface area contributed by atoms with Crippen molar-refractivity contribution in [1.29, 1.82) is 0 Å². The minimum absolute atomic E-state index is 0.175. The van der Waals surface area contributed by atoms with E-state index >= 15 is 0 Å². The standard InChI is InChI=1S/C23H25NO4/c25-22(20-18-11-12-19(28-18)21(20)23(26)27)24-14-13-17(15-7-3-1-4-8-15)16-9-5-2-6-10-16/h1-10,17-21H,11-14H2,(H,24,25)(H,26,27)/t18-,19+,20+,21-/m1/s1. The SMILES string of the molecule is O=C(NCCC(c1ccccc1)c1ccccc1)[C@@H]1[C@H](C(=O)O)[C@@H]2CC[C@H]1O2. The lowest BCUT2D eigenvalue weighted by atomic mass is 9.78. The molecule has 0 radical (unpaired) electrons. The first kappa shape index (κ1) is 18.7.